The molecule has 2 aromatic heterocycles. The Balaban J connectivity index is 2.38. The Labute approximate surface area is 87.3 Å². The predicted molar refractivity (Wildman–Crippen MR) is 54.6 cm³/mol. The predicted octanol–water partition coefficient (Wildman–Crippen LogP) is 1.60. The first kappa shape index (κ1) is 9.28. The van der Waals surface area contributed by atoms with Gasteiger partial charge in [-0.1, -0.05) is 6.07 Å². The average molecular weight is 196 g/mol. The molecule has 0 aliphatic rings. The largest absolute Gasteiger partial charge is 0.255 e. The highest BCUT2D eigenvalue weighted by atomic mass is 14.9. The lowest BCUT2D eigenvalue weighted by Crippen LogP contribution is -1.95. The maximum Gasteiger partial charge on any atom is 0.143 e. The van der Waals surface area contributed by atoms with Gasteiger partial charge in [0.25, 0.3) is 0 Å². The Morgan fingerprint density at radius 3 is 2.73 bits per heavy atom. The second-order valence-electron chi connectivity index (χ2n) is 2.91. The first-order chi connectivity index (χ1) is 7.40. The van der Waals surface area contributed by atoms with E-state index in [1.165, 1.54) is 0 Å². The zero-order chi connectivity index (χ0) is 10.5. The smallest absolute Gasteiger partial charge is 0.143 e. The van der Waals surface area contributed by atoms with E-state index >= 15 is 0 Å². The van der Waals surface area contributed by atoms with E-state index in [1.807, 2.05) is 24.3 Å². The van der Waals surface area contributed by atoms with Crippen molar-refractivity contribution in [3.63, 3.8) is 0 Å². The van der Waals surface area contributed by atoms with E-state index in [1.54, 1.807) is 18.5 Å². The van der Waals surface area contributed by atoms with Gasteiger partial charge in [-0.3, -0.25) is 4.98 Å². The van der Waals surface area contributed by atoms with Crippen LogP contribution in [0, 0.1) is 11.3 Å². The van der Waals surface area contributed by atoms with E-state index in [0.29, 0.717) is 5.82 Å². The molecule has 0 bridgehead atoms. The molecule has 0 radical (unpaired) electrons. The summed E-state index contributed by atoms with van der Waals surface area (Å²) in [6.45, 7) is 0. The van der Waals surface area contributed by atoms with Crippen molar-refractivity contribution in [3.05, 3.63) is 42.5 Å². The third-order valence-electron chi connectivity index (χ3n) is 1.87. The molecule has 0 amide bonds. The van der Waals surface area contributed by atoms with Crippen molar-refractivity contribution < 1.29 is 0 Å². The van der Waals surface area contributed by atoms with Gasteiger partial charge in [0, 0.05) is 12.4 Å². The molecule has 2 heterocycles. The highest BCUT2D eigenvalue weighted by molar-refractivity contribution is 5.52. The van der Waals surface area contributed by atoms with Crippen molar-refractivity contribution in [2.45, 2.75) is 6.42 Å². The van der Waals surface area contributed by atoms with E-state index in [0.717, 1.165) is 11.4 Å². The fourth-order valence-corrected chi connectivity index (χ4v) is 1.21. The summed E-state index contributed by atoms with van der Waals surface area (Å²) in [6.07, 6.45) is 3.58. The monoisotopic (exact) mass is 196 g/mol. The van der Waals surface area contributed by atoms with Gasteiger partial charge in [0.2, 0.25) is 0 Å². The van der Waals surface area contributed by atoms with Crippen LogP contribution in [0.5, 0.6) is 0 Å². The number of hydrogen-bond acceptors (Lipinski definition) is 4. The summed E-state index contributed by atoms with van der Waals surface area (Å²) in [4.78, 5) is 12.4. The minimum absolute atomic E-state index is 0.223. The molecular formula is C11H8N4. The summed E-state index contributed by atoms with van der Waals surface area (Å²) in [5.74, 6) is 0.528. The average Bonchev–Trinajstić information content (AvgIpc) is 2.31. The van der Waals surface area contributed by atoms with E-state index in [2.05, 4.69) is 15.0 Å². The Kier molecular flexibility index (Phi) is 2.65. The molecule has 72 valence electrons. The van der Waals surface area contributed by atoms with Crippen LogP contribution < -0.4 is 0 Å². The zero-order valence-electron chi connectivity index (χ0n) is 7.96. The lowest BCUT2D eigenvalue weighted by Gasteiger charge is -1.99. The molecule has 0 atom stereocenters. The Bertz CT molecular complexity index is 487. The quantitative estimate of drug-likeness (QED) is 0.731. The normalized spacial score (nSPS) is 9.53. The van der Waals surface area contributed by atoms with Crippen LogP contribution in [-0.4, -0.2) is 15.0 Å². The van der Waals surface area contributed by atoms with Gasteiger partial charge in [-0.15, -0.1) is 0 Å². The van der Waals surface area contributed by atoms with Crippen molar-refractivity contribution in [1.82, 2.24) is 15.0 Å². The molecule has 0 saturated heterocycles. The zero-order valence-corrected chi connectivity index (χ0v) is 7.96. The second-order valence-corrected chi connectivity index (χ2v) is 2.91. The number of aromatic nitrogens is 3. The molecule has 4 heteroatoms. The summed E-state index contributed by atoms with van der Waals surface area (Å²) < 4.78 is 0. The van der Waals surface area contributed by atoms with Gasteiger partial charge in [0.1, 0.15) is 5.82 Å². The highest BCUT2D eigenvalue weighted by Gasteiger charge is 2.01. The lowest BCUT2D eigenvalue weighted by atomic mass is 10.2. The number of pyridine rings is 1. The summed E-state index contributed by atoms with van der Waals surface area (Å²) in [7, 11) is 0. The molecular weight excluding hydrogens is 188 g/mol. The molecule has 0 spiro atoms. The molecule has 0 aromatic carbocycles. The first-order valence-electron chi connectivity index (χ1n) is 4.50. The van der Waals surface area contributed by atoms with Crippen LogP contribution in [0.4, 0.5) is 0 Å². The molecule has 0 unspecified atom stereocenters. The SMILES string of the molecule is N#CCc1nccc(-c2ccccn2)n1. The van der Waals surface area contributed by atoms with Crippen molar-refractivity contribution >= 4 is 0 Å². The van der Waals surface area contributed by atoms with E-state index < -0.39 is 0 Å². The number of hydrogen-bond donors (Lipinski definition) is 0. The van der Waals surface area contributed by atoms with E-state index in [4.69, 9.17) is 5.26 Å². The minimum Gasteiger partial charge on any atom is -0.255 e. The maximum absolute atomic E-state index is 8.54. The molecule has 0 aliphatic carbocycles. The number of rotatable bonds is 2. The van der Waals surface area contributed by atoms with E-state index in [9.17, 15) is 0 Å². The van der Waals surface area contributed by atoms with Gasteiger partial charge < -0.3 is 0 Å². The van der Waals surface area contributed by atoms with Crippen molar-refractivity contribution in [2.75, 3.05) is 0 Å². The molecule has 0 fully saturated rings. The van der Waals surface area contributed by atoms with Crippen LogP contribution in [0.2, 0.25) is 0 Å². The maximum atomic E-state index is 8.54. The molecule has 0 aliphatic heterocycles. The van der Waals surface area contributed by atoms with Crippen LogP contribution in [0.3, 0.4) is 0 Å². The van der Waals surface area contributed by atoms with Crippen LogP contribution in [0.1, 0.15) is 5.82 Å². The van der Waals surface area contributed by atoms with Crippen LogP contribution in [0.15, 0.2) is 36.7 Å². The Hall–Kier alpha value is -2.28. The summed E-state index contributed by atoms with van der Waals surface area (Å²) >= 11 is 0. The van der Waals surface area contributed by atoms with Gasteiger partial charge >= 0.3 is 0 Å². The van der Waals surface area contributed by atoms with Crippen LogP contribution in [0.25, 0.3) is 11.4 Å². The summed E-state index contributed by atoms with van der Waals surface area (Å²) in [6, 6.07) is 9.42. The van der Waals surface area contributed by atoms with Gasteiger partial charge in [-0.05, 0) is 18.2 Å². The summed E-state index contributed by atoms with van der Waals surface area (Å²) in [5, 5.41) is 8.54. The van der Waals surface area contributed by atoms with Crippen molar-refractivity contribution in [3.8, 4) is 17.5 Å². The molecule has 15 heavy (non-hydrogen) atoms. The standard InChI is InChI=1S/C11H8N4/c12-6-4-11-14-8-5-10(15-11)9-3-1-2-7-13-9/h1-3,5,7-8H,4H2. The first-order valence-corrected chi connectivity index (χ1v) is 4.50. The fraction of sp³-hybridized carbons (Fsp3) is 0.0909. The molecule has 4 nitrogen and oxygen atoms in total. The minimum atomic E-state index is 0.223. The Morgan fingerprint density at radius 2 is 2.00 bits per heavy atom. The van der Waals surface area contributed by atoms with Crippen molar-refractivity contribution in [1.29, 1.82) is 5.26 Å². The fourth-order valence-electron chi connectivity index (χ4n) is 1.21. The van der Waals surface area contributed by atoms with Crippen molar-refractivity contribution in [2.24, 2.45) is 0 Å². The number of nitrogens with zero attached hydrogens (tertiary/aromatic N) is 4. The highest BCUT2D eigenvalue weighted by Crippen LogP contribution is 2.12. The van der Waals surface area contributed by atoms with E-state index in [-0.39, 0.29) is 6.42 Å². The second kappa shape index (κ2) is 4.29. The molecule has 0 N–H and O–H groups in total. The van der Waals surface area contributed by atoms with Gasteiger partial charge in [-0.2, -0.15) is 5.26 Å². The van der Waals surface area contributed by atoms with Crippen LogP contribution in [-0.2, 0) is 6.42 Å². The Morgan fingerprint density at radius 1 is 1.07 bits per heavy atom. The third kappa shape index (κ3) is 2.15. The van der Waals surface area contributed by atoms with Gasteiger partial charge in [-0.25, -0.2) is 9.97 Å². The topological polar surface area (TPSA) is 62.5 Å². The third-order valence-corrected chi connectivity index (χ3v) is 1.87. The summed E-state index contributed by atoms with van der Waals surface area (Å²) in [5.41, 5.74) is 1.54. The van der Waals surface area contributed by atoms with Gasteiger partial charge in [0.15, 0.2) is 0 Å². The molecule has 2 aromatic rings. The molecule has 2 rings (SSSR count). The van der Waals surface area contributed by atoms with Gasteiger partial charge in [0.05, 0.1) is 23.9 Å². The lowest BCUT2D eigenvalue weighted by molar-refractivity contribution is 0.994. The number of nitriles is 1. The molecule has 0 saturated carbocycles. The van der Waals surface area contributed by atoms with Crippen LogP contribution >= 0.6 is 0 Å².